The van der Waals surface area contributed by atoms with E-state index in [0.717, 1.165) is 5.56 Å². The van der Waals surface area contributed by atoms with Crippen molar-refractivity contribution < 1.29 is 9.21 Å². The molecule has 0 saturated carbocycles. The van der Waals surface area contributed by atoms with E-state index < -0.39 is 0 Å². The van der Waals surface area contributed by atoms with Crippen LogP contribution in [0.15, 0.2) is 84.1 Å². The Hall–Kier alpha value is -3.74. The van der Waals surface area contributed by atoms with Gasteiger partial charge in [0.25, 0.3) is 5.91 Å². The zero-order chi connectivity index (χ0) is 17.8. The molecule has 0 bridgehead atoms. The van der Waals surface area contributed by atoms with E-state index in [1.165, 1.54) is 17.3 Å². The molecule has 1 unspecified atom stereocenters. The number of furan rings is 1. The highest BCUT2D eigenvalue weighted by Crippen LogP contribution is 2.23. The molecular formula is C19H15N5O2. The van der Waals surface area contributed by atoms with Gasteiger partial charge < -0.3 is 9.73 Å². The van der Waals surface area contributed by atoms with E-state index in [4.69, 9.17) is 4.42 Å². The number of carbonyl (C=O) groups excluding carboxylic acids is 1. The van der Waals surface area contributed by atoms with Crippen molar-refractivity contribution in [3.63, 3.8) is 0 Å². The molecule has 0 spiro atoms. The first-order valence-electron chi connectivity index (χ1n) is 8.01. The van der Waals surface area contributed by atoms with E-state index in [2.05, 4.69) is 20.4 Å². The van der Waals surface area contributed by atoms with Gasteiger partial charge in [0, 0.05) is 11.8 Å². The fourth-order valence-electron chi connectivity index (χ4n) is 2.65. The molecule has 1 aromatic carbocycles. The van der Waals surface area contributed by atoms with Gasteiger partial charge in [0.1, 0.15) is 24.5 Å². The van der Waals surface area contributed by atoms with Crippen LogP contribution in [0.5, 0.6) is 0 Å². The van der Waals surface area contributed by atoms with Crippen molar-refractivity contribution >= 4 is 5.91 Å². The van der Waals surface area contributed by atoms with Crippen LogP contribution < -0.4 is 5.32 Å². The van der Waals surface area contributed by atoms with Gasteiger partial charge in [-0.2, -0.15) is 5.10 Å². The predicted octanol–water partition coefficient (Wildman–Crippen LogP) is 2.77. The summed E-state index contributed by atoms with van der Waals surface area (Å²) in [5, 5.41) is 7.05. The molecule has 1 amide bonds. The van der Waals surface area contributed by atoms with Gasteiger partial charge in [-0.05, 0) is 29.8 Å². The van der Waals surface area contributed by atoms with E-state index in [1.54, 1.807) is 30.7 Å². The minimum atomic E-state index is -0.387. The molecule has 0 aliphatic heterocycles. The summed E-state index contributed by atoms with van der Waals surface area (Å²) < 4.78 is 7.02. The van der Waals surface area contributed by atoms with Crippen molar-refractivity contribution in [2.45, 2.75) is 6.04 Å². The zero-order valence-corrected chi connectivity index (χ0v) is 13.7. The van der Waals surface area contributed by atoms with Crippen LogP contribution in [0.25, 0.3) is 5.82 Å². The number of pyridine rings is 1. The number of amides is 1. The number of rotatable bonds is 5. The Bertz CT molecular complexity index is 982. The molecule has 1 atom stereocenters. The summed E-state index contributed by atoms with van der Waals surface area (Å²) in [7, 11) is 0. The lowest BCUT2D eigenvalue weighted by Crippen LogP contribution is -2.29. The predicted molar refractivity (Wildman–Crippen MR) is 93.6 cm³/mol. The van der Waals surface area contributed by atoms with Crippen LogP contribution in [0.3, 0.4) is 0 Å². The summed E-state index contributed by atoms with van der Waals surface area (Å²) in [4.78, 5) is 20.9. The number of nitrogens with zero attached hydrogens (tertiary/aromatic N) is 4. The summed E-state index contributed by atoms with van der Waals surface area (Å²) in [6.45, 7) is 0. The normalized spacial score (nSPS) is 11.8. The van der Waals surface area contributed by atoms with Crippen LogP contribution in [0.1, 0.15) is 27.7 Å². The van der Waals surface area contributed by atoms with E-state index in [1.807, 2.05) is 36.4 Å². The Kier molecular flexibility index (Phi) is 4.26. The smallest absolute Gasteiger partial charge is 0.252 e. The molecule has 26 heavy (non-hydrogen) atoms. The van der Waals surface area contributed by atoms with Gasteiger partial charge >= 0.3 is 0 Å². The maximum Gasteiger partial charge on any atom is 0.252 e. The Morgan fingerprint density at radius 1 is 1.12 bits per heavy atom. The molecule has 7 heteroatoms. The third-order valence-corrected chi connectivity index (χ3v) is 3.90. The molecule has 0 radical (unpaired) electrons. The van der Waals surface area contributed by atoms with E-state index in [9.17, 15) is 4.79 Å². The van der Waals surface area contributed by atoms with Crippen LogP contribution in [-0.4, -0.2) is 25.7 Å². The Morgan fingerprint density at radius 3 is 2.73 bits per heavy atom. The molecule has 0 saturated heterocycles. The number of hydrogen-bond acceptors (Lipinski definition) is 5. The average molecular weight is 345 g/mol. The van der Waals surface area contributed by atoms with E-state index >= 15 is 0 Å². The SMILES string of the molecule is O=C(NC(c1ccccc1)c1ccco1)c1ccnc(-n2cncn2)c1. The van der Waals surface area contributed by atoms with Gasteiger partial charge in [-0.1, -0.05) is 30.3 Å². The van der Waals surface area contributed by atoms with Gasteiger partial charge in [0.05, 0.1) is 6.26 Å². The second-order valence-corrected chi connectivity index (χ2v) is 5.58. The second kappa shape index (κ2) is 7.02. The molecule has 3 heterocycles. The Balaban J connectivity index is 1.62. The molecule has 0 aliphatic rings. The molecule has 4 aromatic rings. The first kappa shape index (κ1) is 15.8. The van der Waals surface area contributed by atoms with Gasteiger partial charge in [0.2, 0.25) is 0 Å². The first-order chi connectivity index (χ1) is 12.8. The standard InChI is InChI=1S/C19H15N5O2/c25-19(15-8-9-21-17(11-15)24-13-20-12-22-24)23-18(16-7-4-10-26-16)14-5-2-1-3-6-14/h1-13,18H,(H,23,25). The van der Waals surface area contributed by atoms with Crippen LogP contribution in [0, 0.1) is 0 Å². The van der Waals surface area contributed by atoms with E-state index in [-0.39, 0.29) is 11.9 Å². The average Bonchev–Trinajstić information content (AvgIpc) is 3.40. The zero-order valence-electron chi connectivity index (χ0n) is 13.7. The third-order valence-electron chi connectivity index (χ3n) is 3.90. The van der Waals surface area contributed by atoms with Crippen LogP contribution in [-0.2, 0) is 0 Å². The molecule has 4 rings (SSSR count). The summed E-state index contributed by atoms with van der Waals surface area (Å²) in [6.07, 6.45) is 6.10. The Labute approximate surface area is 149 Å². The number of carbonyl (C=O) groups is 1. The molecular weight excluding hydrogens is 330 g/mol. The monoisotopic (exact) mass is 345 g/mol. The summed E-state index contributed by atoms with van der Waals surface area (Å²) in [6, 6.07) is 16.2. The number of hydrogen-bond donors (Lipinski definition) is 1. The molecule has 1 N–H and O–H groups in total. The van der Waals surface area contributed by atoms with Crippen molar-refractivity contribution in [1.82, 2.24) is 25.1 Å². The first-order valence-corrected chi connectivity index (χ1v) is 8.01. The minimum absolute atomic E-state index is 0.237. The van der Waals surface area contributed by atoms with Crippen LogP contribution >= 0.6 is 0 Å². The molecule has 7 nitrogen and oxygen atoms in total. The lowest BCUT2D eigenvalue weighted by Gasteiger charge is -2.17. The van der Waals surface area contributed by atoms with Gasteiger partial charge in [-0.15, -0.1) is 0 Å². The van der Waals surface area contributed by atoms with Crippen molar-refractivity contribution in [2.75, 3.05) is 0 Å². The third kappa shape index (κ3) is 3.23. The lowest BCUT2D eigenvalue weighted by atomic mass is 10.0. The van der Waals surface area contributed by atoms with Gasteiger partial charge in [-0.25, -0.2) is 14.6 Å². The molecule has 128 valence electrons. The van der Waals surface area contributed by atoms with Crippen molar-refractivity contribution in [1.29, 1.82) is 0 Å². The van der Waals surface area contributed by atoms with Crippen LogP contribution in [0.4, 0.5) is 0 Å². The number of benzene rings is 1. The van der Waals surface area contributed by atoms with Gasteiger partial charge in [-0.3, -0.25) is 4.79 Å². The molecule has 3 aromatic heterocycles. The van der Waals surface area contributed by atoms with E-state index in [0.29, 0.717) is 17.1 Å². The van der Waals surface area contributed by atoms with Gasteiger partial charge in [0.15, 0.2) is 5.82 Å². The quantitative estimate of drug-likeness (QED) is 0.601. The minimum Gasteiger partial charge on any atom is -0.467 e. The Morgan fingerprint density at radius 2 is 2.00 bits per heavy atom. The summed E-state index contributed by atoms with van der Waals surface area (Å²) in [5.41, 5.74) is 1.40. The molecule has 0 aliphatic carbocycles. The van der Waals surface area contributed by atoms with Crippen molar-refractivity contribution in [3.05, 3.63) is 96.6 Å². The lowest BCUT2D eigenvalue weighted by molar-refractivity contribution is 0.0939. The fraction of sp³-hybridized carbons (Fsp3) is 0.0526. The summed E-state index contributed by atoms with van der Waals surface area (Å²) in [5.74, 6) is 0.943. The maximum atomic E-state index is 12.8. The number of aromatic nitrogens is 4. The topological polar surface area (TPSA) is 85.8 Å². The fourth-order valence-corrected chi connectivity index (χ4v) is 2.65. The largest absolute Gasteiger partial charge is 0.467 e. The maximum absolute atomic E-state index is 12.8. The number of nitrogens with one attached hydrogen (secondary N) is 1. The highest BCUT2D eigenvalue weighted by atomic mass is 16.3. The molecule has 0 fully saturated rings. The summed E-state index contributed by atoms with van der Waals surface area (Å²) >= 11 is 0. The second-order valence-electron chi connectivity index (χ2n) is 5.58. The van der Waals surface area contributed by atoms with Crippen molar-refractivity contribution in [2.24, 2.45) is 0 Å². The van der Waals surface area contributed by atoms with Crippen molar-refractivity contribution in [3.8, 4) is 5.82 Å². The van der Waals surface area contributed by atoms with Crippen LogP contribution in [0.2, 0.25) is 0 Å². The highest BCUT2D eigenvalue weighted by molar-refractivity contribution is 5.95. The highest BCUT2D eigenvalue weighted by Gasteiger charge is 2.20.